The van der Waals surface area contributed by atoms with E-state index in [1.165, 1.54) is 11.1 Å². The molecule has 1 aromatic carbocycles. The summed E-state index contributed by atoms with van der Waals surface area (Å²) in [5.74, 6) is 0. The number of hydrogen-bond acceptors (Lipinski definition) is 1. The summed E-state index contributed by atoms with van der Waals surface area (Å²) < 4.78 is 11.5. The molecular formula is C11H17OP. The lowest BCUT2D eigenvalue weighted by Crippen LogP contribution is -1.92. The van der Waals surface area contributed by atoms with Gasteiger partial charge >= 0.3 is 0 Å². The van der Waals surface area contributed by atoms with Gasteiger partial charge in [0.05, 0.1) is 7.14 Å². The van der Waals surface area contributed by atoms with Crippen molar-refractivity contribution in [3.63, 3.8) is 0 Å². The van der Waals surface area contributed by atoms with Crippen molar-refractivity contribution in [2.45, 2.75) is 13.3 Å². The van der Waals surface area contributed by atoms with Crippen molar-refractivity contribution < 1.29 is 4.57 Å². The van der Waals surface area contributed by atoms with Crippen molar-refractivity contribution in [2.24, 2.45) is 0 Å². The minimum Gasteiger partial charge on any atom is -0.324 e. The zero-order valence-corrected chi connectivity index (χ0v) is 9.47. The van der Waals surface area contributed by atoms with Gasteiger partial charge in [-0.1, -0.05) is 29.8 Å². The molecule has 0 aliphatic heterocycles. The highest BCUT2D eigenvalue weighted by atomic mass is 31.2. The summed E-state index contributed by atoms with van der Waals surface area (Å²) in [6.07, 6.45) is 1.75. The van der Waals surface area contributed by atoms with E-state index < -0.39 is 7.14 Å². The summed E-state index contributed by atoms with van der Waals surface area (Å²) in [6, 6.07) is 8.40. The van der Waals surface area contributed by atoms with E-state index in [0.717, 1.165) is 12.6 Å². The third kappa shape index (κ3) is 4.28. The fourth-order valence-corrected chi connectivity index (χ4v) is 2.06. The maximum absolute atomic E-state index is 11.5. The average molecular weight is 196 g/mol. The van der Waals surface area contributed by atoms with E-state index in [4.69, 9.17) is 0 Å². The molecule has 1 aromatic rings. The molecule has 0 heterocycles. The first-order valence-electron chi connectivity index (χ1n) is 4.57. The van der Waals surface area contributed by atoms with E-state index in [9.17, 15) is 4.57 Å². The molecule has 0 unspecified atom stereocenters. The van der Waals surface area contributed by atoms with Gasteiger partial charge in [0.15, 0.2) is 0 Å². The zero-order chi connectivity index (χ0) is 9.90. The quantitative estimate of drug-likeness (QED) is 0.678. The predicted molar refractivity (Wildman–Crippen MR) is 59.2 cm³/mol. The number of aryl methyl sites for hydroxylation is 2. The number of hydrogen-bond donors (Lipinski definition) is 0. The lowest BCUT2D eigenvalue weighted by Gasteiger charge is -2.06. The van der Waals surface area contributed by atoms with Crippen molar-refractivity contribution in [3.05, 3.63) is 35.4 Å². The number of benzene rings is 1. The monoisotopic (exact) mass is 196 g/mol. The highest BCUT2D eigenvalue weighted by molar-refractivity contribution is 7.62. The van der Waals surface area contributed by atoms with Gasteiger partial charge in [-0.05, 0) is 32.2 Å². The fraction of sp³-hybridized carbons (Fsp3) is 0.455. The molecule has 0 aliphatic rings. The Kier molecular flexibility index (Phi) is 3.33. The topological polar surface area (TPSA) is 17.1 Å². The Balaban J connectivity index is 2.60. The molecule has 0 radical (unpaired) electrons. The molecule has 13 heavy (non-hydrogen) atoms. The largest absolute Gasteiger partial charge is 0.324 e. The summed E-state index contributed by atoms with van der Waals surface area (Å²) >= 11 is 0. The maximum atomic E-state index is 11.5. The second-order valence-corrected chi connectivity index (χ2v) is 7.63. The van der Waals surface area contributed by atoms with Gasteiger partial charge in [-0.15, -0.1) is 0 Å². The third-order valence-corrected chi connectivity index (χ3v) is 3.32. The molecule has 0 saturated heterocycles. The van der Waals surface area contributed by atoms with Crippen LogP contribution in [0.15, 0.2) is 24.3 Å². The Morgan fingerprint density at radius 3 is 2.54 bits per heavy atom. The Hall–Kier alpha value is -0.550. The molecule has 0 saturated carbocycles. The lowest BCUT2D eigenvalue weighted by molar-refractivity contribution is 0.582. The highest BCUT2D eigenvalue weighted by Gasteiger charge is 2.06. The maximum Gasteiger partial charge on any atom is 0.0822 e. The summed E-state index contributed by atoms with van der Waals surface area (Å²) in [5.41, 5.74) is 2.57. The number of rotatable bonds is 3. The van der Waals surface area contributed by atoms with Gasteiger partial charge in [0.1, 0.15) is 0 Å². The van der Waals surface area contributed by atoms with Crippen molar-refractivity contribution in [2.75, 3.05) is 19.5 Å². The van der Waals surface area contributed by atoms with Gasteiger partial charge in [0.25, 0.3) is 0 Å². The summed E-state index contributed by atoms with van der Waals surface area (Å²) in [5, 5.41) is 0. The van der Waals surface area contributed by atoms with Crippen LogP contribution in [0.1, 0.15) is 11.1 Å². The standard InChI is InChI=1S/C11H17OP/c1-10-5-4-6-11(9-10)7-8-13(2,3)12/h4-6,9H,7-8H2,1-3H3. The van der Waals surface area contributed by atoms with Gasteiger partial charge in [0, 0.05) is 6.16 Å². The van der Waals surface area contributed by atoms with Crippen LogP contribution in [0.25, 0.3) is 0 Å². The first-order chi connectivity index (χ1) is 5.97. The SMILES string of the molecule is Cc1cccc(CCP(C)(C)=O)c1. The van der Waals surface area contributed by atoms with Crippen molar-refractivity contribution >= 4 is 7.14 Å². The van der Waals surface area contributed by atoms with E-state index in [1.54, 1.807) is 0 Å². The van der Waals surface area contributed by atoms with Gasteiger partial charge in [-0.25, -0.2) is 0 Å². The van der Waals surface area contributed by atoms with Gasteiger partial charge in [-0.3, -0.25) is 0 Å². The molecule has 0 aromatic heterocycles. The summed E-state index contributed by atoms with van der Waals surface area (Å²) in [7, 11) is -1.85. The van der Waals surface area contributed by atoms with E-state index in [-0.39, 0.29) is 0 Å². The zero-order valence-electron chi connectivity index (χ0n) is 8.58. The molecule has 2 heteroatoms. The van der Waals surface area contributed by atoms with Crippen LogP contribution in [0.3, 0.4) is 0 Å². The first-order valence-corrected chi connectivity index (χ1v) is 7.35. The van der Waals surface area contributed by atoms with E-state index in [0.29, 0.717) is 0 Å². The minimum atomic E-state index is -1.85. The van der Waals surface area contributed by atoms with Crippen LogP contribution in [0.2, 0.25) is 0 Å². The molecule has 0 aliphatic carbocycles. The van der Waals surface area contributed by atoms with Crippen LogP contribution in [-0.4, -0.2) is 19.5 Å². The molecule has 0 atom stereocenters. The molecule has 0 fully saturated rings. The lowest BCUT2D eigenvalue weighted by atomic mass is 10.1. The van der Waals surface area contributed by atoms with Crippen LogP contribution >= 0.6 is 7.14 Å². The molecule has 0 N–H and O–H groups in total. The van der Waals surface area contributed by atoms with Crippen LogP contribution in [0, 0.1) is 6.92 Å². The molecular weight excluding hydrogens is 179 g/mol. The molecule has 1 rings (SSSR count). The summed E-state index contributed by atoms with van der Waals surface area (Å²) in [6.45, 7) is 5.78. The summed E-state index contributed by atoms with van der Waals surface area (Å²) in [4.78, 5) is 0. The van der Waals surface area contributed by atoms with E-state index in [2.05, 4.69) is 31.2 Å². The van der Waals surface area contributed by atoms with Crippen LogP contribution in [0.4, 0.5) is 0 Å². The van der Waals surface area contributed by atoms with Gasteiger partial charge < -0.3 is 4.57 Å². The Morgan fingerprint density at radius 2 is 2.00 bits per heavy atom. The first kappa shape index (κ1) is 10.5. The predicted octanol–water partition coefficient (Wildman–Crippen LogP) is 3.16. The van der Waals surface area contributed by atoms with Crippen molar-refractivity contribution in [1.82, 2.24) is 0 Å². The van der Waals surface area contributed by atoms with Gasteiger partial charge in [0.2, 0.25) is 0 Å². The van der Waals surface area contributed by atoms with Crippen molar-refractivity contribution in [3.8, 4) is 0 Å². The van der Waals surface area contributed by atoms with Crippen LogP contribution in [0.5, 0.6) is 0 Å². The Labute approximate surface area is 80.5 Å². The Morgan fingerprint density at radius 1 is 1.31 bits per heavy atom. The average Bonchev–Trinajstić information content (AvgIpc) is 2.00. The molecule has 0 spiro atoms. The second-order valence-electron chi connectivity index (χ2n) is 4.04. The van der Waals surface area contributed by atoms with E-state index in [1.807, 2.05) is 13.3 Å². The Bertz CT molecular complexity index is 325. The minimum absolute atomic E-state index is 0.816. The molecule has 0 amide bonds. The molecule has 0 bridgehead atoms. The highest BCUT2D eigenvalue weighted by Crippen LogP contribution is 2.36. The molecule has 1 nitrogen and oxygen atoms in total. The fourth-order valence-electron chi connectivity index (χ4n) is 1.27. The van der Waals surface area contributed by atoms with Crippen molar-refractivity contribution in [1.29, 1.82) is 0 Å². The van der Waals surface area contributed by atoms with Gasteiger partial charge in [-0.2, -0.15) is 0 Å². The molecule has 72 valence electrons. The second kappa shape index (κ2) is 4.11. The normalized spacial score (nSPS) is 11.6. The van der Waals surface area contributed by atoms with Crippen LogP contribution in [-0.2, 0) is 11.0 Å². The van der Waals surface area contributed by atoms with E-state index >= 15 is 0 Å². The van der Waals surface area contributed by atoms with Crippen LogP contribution < -0.4 is 0 Å². The smallest absolute Gasteiger partial charge is 0.0822 e. The third-order valence-electron chi connectivity index (χ3n) is 2.02.